The molecule has 0 radical (unpaired) electrons. The molecule has 8 rings (SSSR count). The van der Waals surface area contributed by atoms with Crippen molar-refractivity contribution < 1.29 is 28.3 Å². The molecule has 3 aromatic rings. The predicted octanol–water partition coefficient (Wildman–Crippen LogP) is 6.74. The number of barbiturate groups is 1. The Morgan fingerprint density at radius 2 is 1.60 bits per heavy atom. The molecule has 5 fully saturated rings. The average Bonchev–Trinajstić information content (AvgIpc) is 2.99. The van der Waals surface area contributed by atoms with Crippen LogP contribution in [-0.4, -0.2) is 30.4 Å². The van der Waals surface area contributed by atoms with Gasteiger partial charge in [0.2, 0.25) is 0 Å². The van der Waals surface area contributed by atoms with Crippen molar-refractivity contribution in [3.63, 3.8) is 0 Å². The first kappa shape index (κ1) is 29.4. The van der Waals surface area contributed by atoms with Crippen LogP contribution in [0.25, 0.3) is 6.08 Å². The van der Waals surface area contributed by atoms with Gasteiger partial charge in [-0.25, -0.2) is 14.1 Å². The van der Waals surface area contributed by atoms with E-state index in [1.807, 2.05) is 12.1 Å². The molecular formula is C35H31BrFN3O5. The molecule has 4 bridgehead atoms. The smallest absolute Gasteiger partial charge is 0.335 e. The molecule has 8 nitrogen and oxygen atoms in total. The molecular weight excluding hydrogens is 641 g/mol. The van der Waals surface area contributed by atoms with Gasteiger partial charge < -0.3 is 10.1 Å². The molecule has 5 amide bonds. The zero-order valence-corrected chi connectivity index (χ0v) is 25.9. The molecule has 230 valence electrons. The maximum atomic E-state index is 13.5. The lowest BCUT2D eigenvalue weighted by molar-refractivity contribution is -0.122. The number of halogens is 2. The molecule has 1 heterocycles. The Kier molecular flexibility index (Phi) is 7.55. The minimum atomic E-state index is -0.784. The van der Waals surface area contributed by atoms with E-state index < -0.39 is 29.6 Å². The van der Waals surface area contributed by atoms with Gasteiger partial charge in [-0.3, -0.25) is 19.7 Å². The number of imide groups is 2. The number of ether oxygens (including phenoxy) is 1. The molecule has 4 saturated carbocycles. The van der Waals surface area contributed by atoms with E-state index in [9.17, 15) is 23.6 Å². The highest BCUT2D eigenvalue weighted by atomic mass is 79.9. The number of carbonyl (C=O) groups excluding carboxylic acids is 4. The van der Waals surface area contributed by atoms with Gasteiger partial charge in [-0.1, -0.05) is 18.2 Å². The fourth-order valence-electron chi connectivity index (χ4n) is 8.08. The summed E-state index contributed by atoms with van der Waals surface area (Å²) in [4.78, 5) is 52.4. The van der Waals surface area contributed by atoms with Gasteiger partial charge in [-0.2, -0.15) is 0 Å². The van der Waals surface area contributed by atoms with Gasteiger partial charge in [-0.05, 0) is 143 Å². The molecule has 3 aromatic carbocycles. The Hall–Kier alpha value is -4.31. The summed E-state index contributed by atoms with van der Waals surface area (Å²) in [5.74, 6) is 0.449. The lowest BCUT2D eigenvalue weighted by Gasteiger charge is -2.57. The summed E-state index contributed by atoms with van der Waals surface area (Å²) < 4.78 is 19.2. The van der Waals surface area contributed by atoms with E-state index in [1.54, 1.807) is 18.2 Å². The van der Waals surface area contributed by atoms with E-state index in [4.69, 9.17) is 4.74 Å². The minimum absolute atomic E-state index is 0.181. The van der Waals surface area contributed by atoms with Gasteiger partial charge in [0, 0.05) is 5.69 Å². The first-order valence-electron chi connectivity index (χ1n) is 15.2. The van der Waals surface area contributed by atoms with E-state index >= 15 is 0 Å². The van der Waals surface area contributed by atoms with Crippen LogP contribution in [0.4, 0.5) is 20.6 Å². The van der Waals surface area contributed by atoms with E-state index in [-0.39, 0.29) is 17.6 Å². The van der Waals surface area contributed by atoms with Crippen LogP contribution in [-0.2, 0) is 19.8 Å². The first-order valence-corrected chi connectivity index (χ1v) is 15.9. The van der Waals surface area contributed by atoms with Gasteiger partial charge >= 0.3 is 6.03 Å². The third-order valence-corrected chi connectivity index (χ3v) is 10.3. The highest BCUT2D eigenvalue weighted by Gasteiger charge is 2.51. The summed E-state index contributed by atoms with van der Waals surface area (Å²) in [6, 6.07) is 17.2. The van der Waals surface area contributed by atoms with Crippen LogP contribution in [0.5, 0.6) is 5.75 Å². The van der Waals surface area contributed by atoms with Crippen LogP contribution in [0.15, 0.2) is 76.8 Å². The summed E-state index contributed by atoms with van der Waals surface area (Å²) in [6.45, 7) is -0.296. The number of carbonyl (C=O) groups is 4. The van der Waals surface area contributed by atoms with Crippen molar-refractivity contribution in [2.45, 2.75) is 43.9 Å². The topological polar surface area (TPSA) is 105 Å². The van der Waals surface area contributed by atoms with Gasteiger partial charge in [0.25, 0.3) is 17.7 Å². The highest BCUT2D eigenvalue weighted by Crippen LogP contribution is 2.60. The van der Waals surface area contributed by atoms with Crippen molar-refractivity contribution in [1.82, 2.24) is 5.32 Å². The second-order valence-corrected chi connectivity index (χ2v) is 13.6. The number of anilines is 2. The van der Waals surface area contributed by atoms with E-state index in [2.05, 4.69) is 38.7 Å². The second kappa shape index (κ2) is 11.6. The summed E-state index contributed by atoms with van der Waals surface area (Å²) in [5.41, 5.74) is 2.65. The van der Waals surface area contributed by atoms with E-state index in [0.29, 0.717) is 27.2 Å². The standard InChI is InChI=1S/C35H31BrFN3O5/c36-29-15-20(1-10-30(29)45-19-31(41)38-26-6-4-25(37)5-7-26)14-28-32(42)39-34(44)40(33(28)43)27-8-2-24(3-9-27)35-16-21-11-22(17-35)13-23(12-21)18-35/h1-10,14-15,21-23H,11-13,16-19H2,(H,38,41)(H,39,42,44)/b28-14+. The predicted molar refractivity (Wildman–Crippen MR) is 170 cm³/mol. The number of rotatable bonds is 7. The van der Waals surface area contributed by atoms with Crippen molar-refractivity contribution in [3.8, 4) is 5.75 Å². The molecule has 5 aliphatic rings. The Morgan fingerprint density at radius 1 is 0.956 bits per heavy atom. The van der Waals surface area contributed by atoms with Gasteiger partial charge in [0.15, 0.2) is 6.61 Å². The number of benzene rings is 3. The summed E-state index contributed by atoms with van der Waals surface area (Å²) in [5, 5.41) is 4.91. The molecule has 1 aliphatic heterocycles. The molecule has 0 spiro atoms. The number of hydrogen-bond donors (Lipinski definition) is 2. The Morgan fingerprint density at radius 3 is 2.22 bits per heavy atom. The van der Waals surface area contributed by atoms with Crippen molar-refractivity contribution in [2.24, 2.45) is 17.8 Å². The summed E-state index contributed by atoms with van der Waals surface area (Å²) in [6.07, 6.45) is 9.11. The lowest BCUT2D eigenvalue weighted by atomic mass is 9.48. The van der Waals surface area contributed by atoms with E-state index in [1.165, 1.54) is 74.4 Å². The van der Waals surface area contributed by atoms with Gasteiger partial charge in [-0.15, -0.1) is 0 Å². The number of nitrogens with zero attached hydrogens (tertiary/aromatic N) is 1. The van der Waals surface area contributed by atoms with Crippen LogP contribution in [0.2, 0.25) is 0 Å². The zero-order valence-electron chi connectivity index (χ0n) is 24.4. The van der Waals surface area contributed by atoms with Gasteiger partial charge in [0.1, 0.15) is 17.1 Å². The minimum Gasteiger partial charge on any atom is -0.483 e. The molecule has 10 heteroatoms. The van der Waals surface area contributed by atoms with Crippen LogP contribution in [0.3, 0.4) is 0 Å². The number of nitrogens with one attached hydrogen (secondary N) is 2. The first-order chi connectivity index (χ1) is 21.7. The van der Waals surface area contributed by atoms with Crippen molar-refractivity contribution >= 4 is 57.1 Å². The monoisotopic (exact) mass is 671 g/mol. The van der Waals surface area contributed by atoms with Crippen molar-refractivity contribution in [2.75, 3.05) is 16.8 Å². The lowest BCUT2D eigenvalue weighted by Crippen LogP contribution is -2.54. The third-order valence-electron chi connectivity index (χ3n) is 9.63. The Balaban J connectivity index is 1.04. The maximum absolute atomic E-state index is 13.5. The zero-order chi connectivity index (χ0) is 31.3. The van der Waals surface area contributed by atoms with Crippen LogP contribution in [0, 0.1) is 23.6 Å². The molecule has 0 unspecified atom stereocenters. The van der Waals surface area contributed by atoms with Gasteiger partial charge in [0.05, 0.1) is 10.2 Å². The molecule has 4 aliphatic carbocycles. The highest BCUT2D eigenvalue weighted by molar-refractivity contribution is 9.10. The van der Waals surface area contributed by atoms with Crippen LogP contribution in [0.1, 0.15) is 49.7 Å². The molecule has 1 saturated heterocycles. The maximum Gasteiger partial charge on any atom is 0.335 e. The summed E-state index contributed by atoms with van der Waals surface area (Å²) >= 11 is 3.41. The Labute approximate surface area is 268 Å². The molecule has 0 atom stereocenters. The average molecular weight is 673 g/mol. The quantitative estimate of drug-likeness (QED) is 0.214. The number of amides is 5. The second-order valence-electron chi connectivity index (χ2n) is 12.7. The van der Waals surface area contributed by atoms with E-state index in [0.717, 1.165) is 22.7 Å². The number of hydrogen-bond acceptors (Lipinski definition) is 5. The fourth-order valence-corrected chi connectivity index (χ4v) is 8.60. The molecule has 2 N–H and O–H groups in total. The Bertz CT molecular complexity index is 1700. The molecule has 45 heavy (non-hydrogen) atoms. The van der Waals surface area contributed by atoms with Crippen LogP contribution >= 0.6 is 15.9 Å². The van der Waals surface area contributed by atoms with Crippen LogP contribution < -0.4 is 20.3 Å². The third kappa shape index (κ3) is 5.79. The molecule has 0 aromatic heterocycles. The summed E-state index contributed by atoms with van der Waals surface area (Å²) in [7, 11) is 0. The fraction of sp³-hybridized carbons (Fsp3) is 0.314. The normalized spacial score (nSPS) is 26.3. The SMILES string of the molecule is O=C(COc1ccc(/C=C2\C(=O)NC(=O)N(c3ccc(C45CC6CC(CC(C6)C4)C5)cc3)C2=O)cc1Br)Nc1ccc(F)cc1. The van der Waals surface area contributed by atoms with Crippen molar-refractivity contribution in [3.05, 3.63) is 93.7 Å². The number of urea groups is 1. The van der Waals surface area contributed by atoms with Crippen molar-refractivity contribution in [1.29, 1.82) is 0 Å². The largest absolute Gasteiger partial charge is 0.483 e.